The number of pyridine rings is 1. The first-order valence-electron chi connectivity index (χ1n) is 6.19. The quantitative estimate of drug-likeness (QED) is 0.773. The lowest BCUT2D eigenvalue weighted by Crippen LogP contribution is -2.32. The molecule has 0 bridgehead atoms. The van der Waals surface area contributed by atoms with Gasteiger partial charge in [-0.15, -0.1) is 0 Å². The molecule has 19 heavy (non-hydrogen) atoms. The molecule has 5 nitrogen and oxygen atoms in total. The first kappa shape index (κ1) is 16.0. The van der Waals surface area contributed by atoms with Crippen LogP contribution in [0.15, 0.2) is 23.2 Å². The standard InChI is InChI=1S/C12H19N3O2S2/c1-3-5-8-15(4-2)19(16,17)10-6-7-11(12(13)18)14-9-10/h6-7,9H,3-5,8H2,1-2H3,(H2,13,18). The number of thiocarbonyl (C=S) groups is 1. The number of sulfonamides is 1. The Hall–Kier alpha value is -1.05. The number of aromatic nitrogens is 1. The summed E-state index contributed by atoms with van der Waals surface area (Å²) in [7, 11) is -3.48. The fraction of sp³-hybridized carbons (Fsp3) is 0.500. The molecule has 1 heterocycles. The summed E-state index contributed by atoms with van der Waals surface area (Å²) in [4.78, 5) is 4.30. The Morgan fingerprint density at radius 2 is 2.11 bits per heavy atom. The Labute approximate surface area is 119 Å². The predicted molar refractivity (Wildman–Crippen MR) is 79.5 cm³/mol. The van der Waals surface area contributed by atoms with Gasteiger partial charge in [0.15, 0.2) is 0 Å². The fourth-order valence-corrected chi connectivity index (χ4v) is 3.16. The molecule has 0 aliphatic rings. The third kappa shape index (κ3) is 3.95. The summed E-state index contributed by atoms with van der Waals surface area (Å²) < 4.78 is 26.2. The van der Waals surface area contributed by atoms with E-state index in [-0.39, 0.29) is 9.88 Å². The van der Waals surface area contributed by atoms with Crippen molar-refractivity contribution in [3.8, 4) is 0 Å². The van der Waals surface area contributed by atoms with Crippen molar-refractivity contribution in [3.05, 3.63) is 24.0 Å². The molecule has 1 aromatic heterocycles. The minimum Gasteiger partial charge on any atom is -0.388 e. The number of nitrogens with two attached hydrogens (primary N) is 1. The van der Waals surface area contributed by atoms with Crippen molar-refractivity contribution in [3.63, 3.8) is 0 Å². The van der Waals surface area contributed by atoms with Crippen LogP contribution in [0.4, 0.5) is 0 Å². The predicted octanol–water partition coefficient (Wildman–Crippen LogP) is 1.53. The van der Waals surface area contributed by atoms with Crippen molar-refractivity contribution < 1.29 is 8.42 Å². The van der Waals surface area contributed by atoms with Gasteiger partial charge >= 0.3 is 0 Å². The van der Waals surface area contributed by atoms with Crippen LogP contribution in [-0.4, -0.2) is 35.8 Å². The largest absolute Gasteiger partial charge is 0.388 e. The van der Waals surface area contributed by atoms with E-state index in [0.717, 1.165) is 12.8 Å². The van der Waals surface area contributed by atoms with Crippen LogP contribution in [0, 0.1) is 0 Å². The lowest BCUT2D eigenvalue weighted by atomic mass is 10.3. The summed E-state index contributed by atoms with van der Waals surface area (Å²) >= 11 is 4.79. The summed E-state index contributed by atoms with van der Waals surface area (Å²) in [5.74, 6) is 0. The summed E-state index contributed by atoms with van der Waals surface area (Å²) in [6.45, 7) is 4.81. The van der Waals surface area contributed by atoms with E-state index >= 15 is 0 Å². The molecule has 0 aliphatic carbocycles. The van der Waals surface area contributed by atoms with E-state index in [4.69, 9.17) is 18.0 Å². The van der Waals surface area contributed by atoms with Gasteiger partial charge in [-0.3, -0.25) is 4.98 Å². The molecular weight excluding hydrogens is 282 g/mol. The second-order valence-electron chi connectivity index (χ2n) is 4.09. The fourth-order valence-electron chi connectivity index (χ4n) is 1.61. The van der Waals surface area contributed by atoms with Crippen molar-refractivity contribution >= 4 is 27.2 Å². The van der Waals surface area contributed by atoms with Gasteiger partial charge in [0.05, 0.1) is 5.69 Å². The third-order valence-corrected chi connectivity index (χ3v) is 4.91. The minimum atomic E-state index is -3.48. The van der Waals surface area contributed by atoms with E-state index < -0.39 is 10.0 Å². The number of hydrogen-bond acceptors (Lipinski definition) is 4. The van der Waals surface area contributed by atoms with Gasteiger partial charge in [0.25, 0.3) is 0 Å². The third-order valence-electron chi connectivity index (χ3n) is 2.74. The number of rotatable bonds is 7. The van der Waals surface area contributed by atoms with E-state index in [2.05, 4.69) is 4.98 Å². The smallest absolute Gasteiger partial charge is 0.244 e. The molecule has 1 aromatic rings. The van der Waals surface area contributed by atoms with Crippen LogP contribution in [0.2, 0.25) is 0 Å². The maximum Gasteiger partial charge on any atom is 0.244 e. The number of hydrogen-bond donors (Lipinski definition) is 1. The van der Waals surface area contributed by atoms with Gasteiger partial charge in [-0.1, -0.05) is 32.5 Å². The topological polar surface area (TPSA) is 76.3 Å². The molecule has 0 radical (unpaired) electrons. The van der Waals surface area contributed by atoms with Gasteiger partial charge in [-0.25, -0.2) is 8.42 Å². The van der Waals surface area contributed by atoms with E-state index in [1.807, 2.05) is 13.8 Å². The summed E-state index contributed by atoms with van der Waals surface area (Å²) in [6, 6.07) is 3.02. The van der Waals surface area contributed by atoms with Gasteiger partial charge in [0, 0.05) is 19.3 Å². The zero-order valence-corrected chi connectivity index (χ0v) is 12.8. The molecular formula is C12H19N3O2S2. The highest BCUT2D eigenvalue weighted by atomic mass is 32.2. The SMILES string of the molecule is CCCCN(CC)S(=O)(=O)c1ccc(C(N)=S)nc1. The normalized spacial score (nSPS) is 11.7. The first-order valence-corrected chi connectivity index (χ1v) is 8.04. The lowest BCUT2D eigenvalue weighted by Gasteiger charge is -2.20. The van der Waals surface area contributed by atoms with Gasteiger partial charge in [-0.2, -0.15) is 4.31 Å². The monoisotopic (exact) mass is 301 g/mol. The molecule has 0 aliphatic heterocycles. The maximum absolute atomic E-state index is 12.4. The molecule has 0 unspecified atom stereocenters. The minimum absolute atomic E-state index is 0.155. The van der Waals surface area contributed by atoms with E-state index in [9.17, 15) is 8.42 Å². The molecule has 106 valence electrons. The molecule has 1 rings (SSSR count). The van der Waals surface area contributed by atoms with E-state index in [1.165, 1.54) is 22.6 Å². The zero-order valence-electron chi connectivity index (χ0n) is 11.2. The van der Waals surface area contributed by atoms with Crippen LogP contribution in [0.5, 0.6) is 0 Å². The average molecular weight is 301 g/mol. The molecule has 2 N–H and O–H groups in total. The molecule has 0 atom stereocenters. The van der Waals surface area contributed by atoms with E-state index in [1.54, 1.807) is 0 Å². The van der Waals surface area contributed by atoms with Gasteiger partial charge < -0.3 is 5.73 Å². The Bertz CT molecular complexity index is 526. The maximum atomic E-state index is 12.4. The highest BCUT2D eigenvalue weighted by Gasteiger charge is 2.22. The van der Waals surface area contributed by atoms with Crippen LogP contribution in [0.1, 0.15) is 32.4 Å². The molecule has 0 saturated heterocycles. The summed E-state index contributed by atoms with van der Waals surface area (Å²) in [5.41, 5.74) is 5.86. The molecule has 0 aromatic carbocycles. The van der Waals surface area contributed by atoms with Crippen LogP contribution in [0.25, 0.3) is 0 Å². The summed E-state index contributed by atoms with van der Waals surface area (Å²) in [6.07, 6.45) is 3.09. The highest BCUT2D eigenvalue weighted by molar-refractivity contribution is 7.89. The van der Waals surface area contributed by atoms with Crippen LogP contribution >= 0.6 is 12.2 Å². The van der Waals surface area contributed by atoms with Gasteiger partial charge in [0.1, 0.15) is 9.88 Å². The van der Waals surface area contributed by atoms with E-state index in [0.29, 0.717) is 18.8 Å². The first-order chi connectivity index (χ1) is 8.93. The van der Waals surface area contributed by atoms with Crippen molar-refractivity contribution in [2.24, 2.45) is 5.73 Å². The Kier molecular flexibility index (Phi) is 5.84. The zero-order chi connectivity index (χ0) is 14.5. The van der Waals surface area contributed by atoms with Gasteiger partial charge in [0.2, 0.25) is 10.0 Å². The molecule has 7 heteroatoms. The lowest BCUT2D eigenvalue weighted by molar-refractivity contribution is 0.418. The molecule has 0 fully saturated rings. The van der Waals surface area contributed by atoms with Crippen molar-refractivity contribution in [1.29, 1.82) is 0 Å². The van der Waals surface area contributed by atoms with Crippen molar-refractivity contribution in [1.82, 2.24) is 9.29 Å². The Morgan fingerprint density at radius 1 is 1.42 bits per heavy atom. The molecule has 0 saturated carbocycles. The van der Waals surface area contributed by atoms with Crippen molar-refractivity contribution in [2.45, 2.75) is 31.6 Å². The summed E-state index contributed by atoms with van der Waals surface area (Å²) in [5, 5.41) is 0. The van der Waals surface area contributed by atoms with Crippen LogP contribution in [-0.2, 0) is 10.0 Å². The average Bonchev–Trinajstić information content (AvgIpc) is 2.39. The van der Waals surface area contributed by atoms with Crippen molar-refractivity contribution in [2.75, 3.05) is 13.1 Å². The van der Waals surface area contributed by atoms with Crippen LogP contribution < -0.4 is 5.73 Å². The number of unbranched alkanes of at least 4 members (excludes halogenated alkanes) is 1. The molecule has 0 spiro atoms. The second kappa shape index (κ2) is 6.93. The highest BCUT2D eigenvalue weighted by Crippen LogP contribution is 2.15. The Balaban J connectivity index is 3.01. The Morgan fingerprint density at radius 3 is 2.53 bits per heavy atom. The van der Waals surface area contributed by atoms with Gasteiger partial charge in [-0.05, 0) is 18.6 Å². The van der Waals surface area contributed by atoms with Crippen LogP contribution in [0.3, 0.4) is 0 Å². The molecule has 0 amide bonds. The second-order valence-corrected chi connectivity index (χ2v) is 6.47. The number of nitrogens with zero attached hydrogens (tertiary/aromatic N) is 2.